The van der Waals surface area contributed by atoms with Crippen molar-refractivity contribution in [1.82, 2.24) is 15.1 Å². The van der Waals surface area contributed by atoms with Crippen LogP contribution in [-0.4, -0.2) is 47.0 Å². The van der Waals surface area contributed by atoms with Gasteiger partial charge in [0.25, 0.3) is 5.91 Å². The Morgan fingerprint density at radius 2 is 1.93 bits per heavy atom. The van der Waals surface area contributed by atoms with Crippen LogP contribution in [0.1, 0.15) is 39.4 Å². The third kappa shape index (κ3) is 3.50. The summed E-state index contributed by atoms with van der Waals surface area (Å²) in [4.78, 5) is 27.5. The number of Topliss-reactive ketones (excluding diaryl/α,β-unsaturated/α-hetero) is 1. The van der Waals surface area contributed by atoms with Gasteiger partial charge in [0.1, 0.15) is 11.4 Å². The normalized spacial score (nSPS) is 16.9. The Morgan fingerprint density at radius 3 is 2.68 bits per heavy atom. The van der Waals surface area contributed by atoms with E-state index in [1.807, 2.05) is 43.3 Å². The average molecular weight is 377 g/mol. The van der Waals surface area contributed by atoms with Crippen molar-refractivity contribution in [1.29, 1.82) is 0 Å². The highest BCUT2D eigenvalue weighted by Crippen LogP contribution is 2.26. The lowest BCUT2D eigenvalue weighted by molar-refractivity contribution is 0.0632. The van der Waals surface area contributed by atoms with E-state index in [4.69, 9.17) is 4.74 Å². The van der Waals surface area contributed by atoms with Gasteiger partial charge in [-0.1, -0.05) is 18.2 Å². The second kappa shape index (κ2) is 7.46. The standard InChI is InChI=1S/C22H23N3O3/c1-14-10-20(24-23-14)22(27)25-9-3-4-18(13-25)21(26)17-6-5-16-12-19(28-2)8-7-15(16)11-17/h5-8,10-12,18H,3-4,9,13H2,1-2H3,(H,23,24)/t18-/m1/s1. The fourth-order valence-corrected chi connectivity index (χ4v) is 3.80. The Balaban J connectivity index is 1.52. The van der Waals surface area contributed by atoms with Crippen molar-refractivity contribution >= 4 is 22.5 Å². The van der Waals surface area contributed by atoms with Crippen molar-refractivity contribution in [3.63, 3.8) is 0 Å². The monoisotopic (exact) mass is 377 g/mol. The minimum Gasteiger partial charge on any atom is -0.497 e. The van der Waals surface area contributed by atoms with Crippen LogP contribution in [0.15, 0.2) is 42.5 Å². The van der Waals surface area contributed by atoms with Crippen LogP contribution in [0.5, 0.6) is 5.75 Å². The molecule has 1 aliphatic rings. The summed E-state index contributed by atoms with van der Waals surface area (Å²) < 4.78 is 5.26. The molecule has 1 N–H and O–H groups in total. The predicted octanol–water partition coefficient (Wildman–Crippen LogP) is 3.62. The number of hydrogen-bond donors (Lipinski definition) is 1. The van der Waals surface area contributed by atoms with Crippen LogP contribution in [0, 0.1) is 12.8 Å². The van der Waals surface area contributed by atoms with Gasteiger partial charge >= 0.3 is 0 Å². The number of nitrogens with zero attached hydrogens (tertiary/aromatic N) is 2. The lowest BCUT2D eigenvalue weighted by atomic mass is 9.89. The van der Waals surface area contributed by atoms with E-state index in [0.29, 0.717) is 24.3 Å². The summed E-state index contributed by atoms with van der Waals surface area (Å²) in [5.74, 6) is 0.580. The smallest absolute Gasteiger partial charge is 0.274 e. The number of amides is 1. The van der Waals surface area contributed by atoms with Crippen LogP contribution in [-0.2, 0) is 0 Å². The molecule has 6 heteroatoms. The molecular weight excluding hydrogens is 354 g/mol. The quantitative estimate of drug-likeness (QED) is 0.705. The number of H-pyrrole nitrogens is 1. The molecule has 0 aliphatic carbocycles. The summed E-state index contributed by atoms with van der Waals surface area (Å²) in [6, 6.07) is 13.3. The van der Waals surface area contributed by atoms with Gasteiger partial charge in [-0.3, -0.25) is 14.7 Å². The van der Waals surface area contributed by atoms with Crippen molar-refractivity contribution in [3.8, 4) is 5.75 Å². The van der Waals surface area contributed by atoms with Gasteiger partial charge in [-0.15, -0.1) is 0 Å². The first-order valence-corrected chi connectivity index (χ1v) is 9.48. The molecule has 2 heterocycles. The van der Waals surface area contributed by atoms with Gasteiger partial charge in [0.05, 0.1) is 7.11 Å². The minimum atomic E-state index is -0.187. The van der Waals surface area contributed by atoms with Gasteiger partial charge in [0.15, 0.2) is 5.78 Å². The lowest BCUT2D eigenvalue weighted by Crippen LogP contribution is -2.42. The number of carbonyl (C=O) groups is 2. The highest BCUT2D eigenvalue weighted by Gasteiger charge is 2.30. The molecule has 3 aromatic rings. The summed E-state index contributed by atoms with van der Waals surface area (Å²) in [6.45, 7) is 2.96. The van der Waals surface area contributed by atoms with Crippen molar-refractivity contribution in [3.05, 3.63) is 59.4 Å². The molecule has 28 heavy (non-hydrogen) atoms. The number of fused-ring (bicyclic) bond motifs is 1. The molecule has 4 rings (SSSR count). The molecule has 1 amide bonds. The molecule has 1 fully saturated rings. The highest BCUT2D eigenvalue weighted by atomic mass is 16.5. The number of hydrogen-bond acceptors (Lipinski definition) is 4. The number of aryl methyl sites for hydroxylation is 1. The van der Waals surface area contributed by atoms with E-state index in [0.717, 1.165) is 35.1 Å². The second-order valence-corrected chi connectivity index (χ2v) is 7.32. The number of likely N-dealkylation sites (tertiary alicyclic amines) is 1. The maximum Gasteiger partial charge on any atom is 0.274 e. The Bertz CT molecular complexity index is 1040. The zero-order valence-electron chi connectivity index (χ0n) is 16.1. The molecule has 2 aromatic carbocycles. The molecule has 1 atom stereocenters. The molecule has 1 saturated heterocycles. The fourth-order valence-electron chi connectivity index (χ4n) is 3.80. The van der Waals surface area contributed by atoms with E-state index in [1.54, 1.807) is 18.1 Å². The van der Waals surface area contributed by atoms with Gasteiger partial charge < -0.3 is 9.64 Å². The van der Waals surface area contributed by atoms with Crippen LogP contribution in [0.4, 0.5) is 0 Å². The first kappa shape index (κ1) is 18.2. The largest absolute Gasteiger partial charge is 0.497 e. The fraction of sp³-hybridized carbons (Fsp3) is 0.318. The number of aromatic amines is 1. The van der Waals surface area contributed by atoms with Crippen LogP contribution in [0.3, 0.4) is 0 Å². The molecule has 1 aliphatic heterocycles. The maximum atomic E-state index is 13.1. The van der Waals surface area contributed by atoms with Gasteiger partial charge in [-0.25, -0.2) is 0 Å². The van der Waals surface area contributed by atoms with Gasteiger partial charge in [0.2, 0.25) is 0 Å². The summed E-state index contributed by atoms with van der Waals surface area (Å²) in [6.07, 6.45) is 1.61. The average Bonchev–Trinajstić information content (AvgIpc) is 3.18. The van der Waals surface area contributed by atoms with Crippen LogP contribution < -0.4 is 4.74 Å². The number of piperidine rings is 1. The molecule has 0 radical (unpaired) electrons. The molecule has 0 unspecified atom stereocenters. The van der Waals surface area contributed by atoms with Crippen LogP contribution in [0.25, 0.3) is 10.8 Å². The van der Waals surface area contributed by atoms with Gasteiger partial charge in [-0.2, -0.15) is 5.10 Å². The molecule has 0 saturated carbocycles. The minimum absolute atomic E-state index is 0.0911. The van der Waals surface area contributed by atoms with E-state index in [2.05, 4.69) is 10.2 Å². The maximum absolute atomic E-state index is 13.1. The zero-order chi connectivity index (χ0) is 19.7. The topological polar surface area (TPSA) is 75.3 Å². The number of ketones is 1. The molecule has 6 nitrogen and oxygen atoms in total. The number of methoxy groups -OCH3 is 1. The Kier molecular flexibility index (Phi) is 4.86. The third-order valence-electron chi connectivity index (χ3n) is 5.34. The second-order valence-electron chi connectivity index (χ2n) is 7.32. The summed E-state index contributed by atoms with van der Waals surface area (Å²) in [5.41, 5.74) is 1.94. The van der Waals surface area contributed by atoms with Crippen molar-refractivity contribution in [2.45, 2.75) is 19.8 Å². The Hall–Kier alpha value is -3.15. The van der Waals surface area contributed by atoms with Gasteiger partial charge in [-0.05, 0) is 54.8 Å². The summed E-state index contributed by atoms with van der Waals surface area (Å²) >= 11 is 0. The highest BCUT2D eigenvalue weighted by molar-refractivity contribution is 6.02. The number of rotatable bonds is 4. The predicted molar refractivity (Wildman–Crippen MR) is 107 cm³/mol. The van der Waals surface area contributed by atoms with Gasteiger partial charge in [0, 0.05) is 30.3 Å². The van der Waals surface area contributed by atoms with E-state index in [-0.39, 0.29) is 17.6 Å². The molecule has 0 bridgehead atoms. The zero-order valence-corrected chi connectivity index (χ0v) is 16.1. The first-order valence-electron chi connectivity index (χ1n) is 9.48. The van der Waals surface area contributed by atoms with Crippen molar-refractivity contribution in [2.75, 3.05) is 20.2 Å². The molecular formula is C22H23N3O3. The van der Waals surface area contributed by atoms with Crippen molar-refractivity contribution in [2.24, 2.45) is 5.92 Å². The van der Waals surface area contributed by atoms with Crippen LogP contribution >= 0.6 is 0 Å². The Morgan fingerprint density at radius 1 is 1.14 bits per heavy atom. The van der Waals surface area contributed by atoms with E-state index >= 15 is 0 Å². The van der Waals surface area contributed by atoms with E-state index in [1.165, 1.54) is 0 Å². The van der Waals surface area contributed by atoms with E-state index < -0.39 is 0 Å². The number of benzene rings is 2. The lowest BCUT2D eigenvalue weighted by Gasteiger charge is -2.31. The van der Waals surface area contributed by atoms with Crippen LogP contribution in [0.2, 0.25) is 0 Å². The number of aromatic nitrogens is 2. The molecule has 1 aromatic heterocycles. The number of carbonyl (C=O) groups excluding carboxylic acids is 2. The van der Waals surface area contributed by atoms with E-state index in [9.17, 15) is 9.59 Å². The summed E-state index contributed by atoms with van der Waals surface area (Å²) in [7, 11) is 1.64. The van der Waals surface area contributed by atoms with Crippen molar-refractivity contribution < 1.29 is 14.3 Å². The number of nitrogens with one attached hydrogen (secondary N) is 1. The third-order valence-corrected chi connectivity index (χ3v) is 5.34. The molecule has 0 spiro atoms. The first-order chi connectivity index (χ1) is 13.5. The summed E-state index contributed by atoms with van der Waals surface area (Å²) in [5, 5.41) is 8.89. The molecule has 144 valence electrons. The number of ether oxygens (including phenoxy) is 1. The SMILES string of the molecule is COc1ccc2cc(C(=O)[C@@H]3CCCN(C(=O)c4cc(C)[nH]n4)C3)ccc2c1. The Labute approximate surface area is 163 Å².